The molecule has 0 aromatic heterocycles. The molecule has 0 atom stereocenters. The van der Waals surface area contributed by atoms with Crippen LogP contribution < -0.4 is 9.64 Å². The first-order valence-corrected chi connectivity index (χ1v) is 6.44. The monoisotopic (exact) mass is 297 g/mol. The van der Waals surface area contributed by atoms with Crippen LogP contribution in [0.15, 0.2) is 42.5 Å². The van der Waals surface area contributed by atoms with Gasteiger partial charge in [-0.2, -0.15) is 0 Å². The topological polar surface area (TPSA) is 83.9 Å². The molecule has 2 amide bonds. The maximum atomic E-state index is 12.5. The highest BCUT2D eigenvalue weighted by Gasteiger charge is 2.38. The Balaban J connectivity index is 2.20. The molecule has 1 heterocycles. The Kier molecular flexibility index (Phi) is 3.14. The molecular weight excluding hydrogens is 286 g/mol. The highest BCUT2D eigenvalue weighted by Crippen LogP contribution is 2.34. The molecule has 0 saturated heterocycles. The highest BCUT2D eigenvalue weighted by molar-refractivity contribution is 6.35. The van der Waals surface area contributed by atoms with Crippen LogP contribution >= 0.6 is 0 Å². The van der Waals surface area contributed by atoms with E-state index in [0.29, 0.717) is 0 Å². The Bertz CT molecular complexity index is 777. The zero-order chi connectivity index (χ0) is 15.9. The number of amides is 2. The van der Waals surface area contributed by atoms with Crippen LogP contribution in [0, 0.1) is 0 Å². The van der Waals surface area contributed by atoms with Gasteiger partial charge < -0.3 is 9.84 Å². The van der Waals surface area contributed by atoms with Gasteiger partial charge in [0.25, 0.3) is 11.8 Å². The van der Waals surface area contributed by atoms with Gasteiger partial charge in [0.2, 0.25) is 0 Å². The standard InChI is InChI=1S/C16H11NO5/c1-22-12-8-4-7-11(13(12)16(20)21)17-14(18)9-5-2-3-6-10(9)15(17)19/h2-8H,1H3,(H,20,21). The average molecular weight is 297 g/mol. The predicted molar refractivity (Wildman–Crippen MR) is 77.5 cm³/mol. The molecule has 22 heavy (non-hydrogen) atoms. The SMILES string of the molecule is COc1cccc(N2C(=O)c3ccccc3C2=O)c1C(=O)O. The van der Waals surface area contributed by atoms with Gasteiger partial charge in [-0.3, -0.25) is 9.59 Å². The van der Waals surface area contributed by atoms with Crippen LogP contribution in [0.5, 0.6) is 5.75 Å². The minimum Gasteiger partial charge on any atom is -0.496 e. The first kappa shape index (κ1) is 13.8. The van der Waals surface area contributed by atoms with Crippen molar-refractivity contribution in [1.82, 2.24) is 0 Å². The molecule has 0 spiro atoms. The second-order valence-corrected chi connectivity index (χ2v) is 4.65. The molecule has 0 radical (unpaired) electrons. The van der Waals surface area contributed by atoms with Crippen molar-refractivity contribution in [2.24, 2.45) is 0 Å². The van der Waals surface area contributed by atoms with Gasteiger partial charge >= 0.3 is 5.97 Å². The maximum absolute atomic E-state index is 12.5. The van der Waals surface area contributed by atoms with E-state index in [-0.39, 0.29) is 28.1 Å². The van der Waals surface area contributed by atoms with Crippen molar-refractivity contribution in [3.05, 3.63) is 59.2 Å². The lowest BCUT2D eigenvalue weighted by Gasteiger charge is -2.18. The summed E-state index contributed by atoms with van der Waals surface area (Å²) >= 11 is 0. The molecular formula is C16H11NO5. The normalized spacial score (nSPS) is 13.2. The second-order valence-electron chi connectivity index (χ2n) is 4.65. The lowest BCUT2D eigenvalue weighted by molar-refractivity contribution is 0.0694. The fourth-order valence-corrected chi connectivity index (χ4v) is 2.50. The van der Waals surface area contributed by atoms with Crippen LogP contribution in [0.25, 0.3) is 0 Å². The van der Waals surface area contributed by atoms with E-state index in [1.165, 1.54) is 37.4 Å². The van der Waals surface area contributed by atoms with E-state index < -0.39 is 17.8 Å². The zero-order valence-corrected chi connectivity index (χ0v) is 11.6. The number of hydrogen-bond acceptors (Lipinski definition) is 4. The van der Waals surface area contributed by atoms with Crippen LogP contribution in [-0.2, 0) is 0 Å². The zero-order valence-electron chi connectivity index (χ0n) is 11.6. The average Bonchev–Trinajstić information content (AvgIpc) is 2.78. The molecule has 1 aliphatic rings. The number of anilines is 1. The Morgan fingerprint density at radius 3 is 2.09 bits per heavy atom. The van der Waals surface area contributed by atoms with Crippen molar-refractivity contribution in [2.75, 3.05) is 12.0 Å². The van der Waals surface area contributed by atoms with E-state index >= 15 is 0 Å². The number of carboxylic acid groups (broad SMARTS) is 1. The van der Waals surface area contributed by atoms with Crippen LogP contribution in [0.3, 0.4) is 0 Å². The number of methoxy groups -OCH3 is 1. The molecule has 110 valence electrons. The van der Waals surface area contributed by atoms with E-state index in [1.54, 1.807) is 12.1 Å². The molecule has 0 saturated carbocycles. The minimum atomic E-state index is -1.27. The fraction of sp³-hybridized carbons (Fsp3) is 0.0625. The van der Waals surface area contributed by atoms with Crippen molar-refractivity contribution in [1.29, 1.82) is 0 Å². The quantitative estimate of drug-likeness (QED) is 0.878. The molecule has 0 fully saturated rings. The van der Waals surface area contributed by atoms with Crippen LogP contribution in [-0.4, -0.2) is 30.0 Å². The van der Waals surface area contributed by atoms with Gasteiger partial charge in [0, 0.05) is 0 Å². The number of benzene rings is 2. The first-order valence-electron chi connectivity index (χ1n) is 6.44. The number of rotatable bonds is 3. The van der Waals surface area contributed by atoms with Gasteiger partial charge in [0.05, 0.1) is 23.9 Å². The summed E-state index contributed by atoms with van der Waals surface area (Å²) < 4.78 is 5.02. The first-order chi connectivity index (χ1) is 10.6. The summed E-state index contributed by atoms with van der Waals surface area (Å²) in [7, 11) is 1.33. The number of aromatic carboxylic acids is 1. The van der Waals surface area contributed by atoms with E-state index in [4.69, 9.17) is 4.74 Å². The van der Waals surface area contributed by atoms with Crippen molar-refractivity contribution in [2.45, 2.75) is 0 Å². The van der Waals surface area contributed by atoms with E-state index in [2.05, 4.69) is 0 Å². The molecule has 2 aromatic rings. The summed E-state index contributed by atoms with van der Waals surface area (Å²) in [5.41, 5.74) is 0.288. The lowest BCUT2D eigenvalue weighted by Crippen LogP contribution is -2.31. The third kappa shape index (κ3) is 1.85. The van der Waals surface area contributed by atoms with Gasteiger partial charge in [-0.25, -0.2) is 9.69 Å². The summed E-state index contributed by atoms with van der Waals surface area (Å²) in [6.45, 7) is 0. The van der Waals surface area contributed by atoms with E-state index in [0.717, 1.165) is 4.90 Å². The summed E-state index contributed by atoms with van der Waals surface area (Å²) in [5, 5.41) is 9.40. The summed E-state index contributed by atoms with van der Waals surface area (Å²) in [4.78, 5) is 37.3. The smallest absolute Gasteiger partial charge is 0.341 e. The molecule has 0 bridgehead atoms. The van der Waals surface area contributed by atoms with Crippen LogP contribution in [0.1, 0.15) is 31.1 Å². The molecule has 6 nitrogen and oxygen atoms in total. The number of hydrogen-bond donors (Lipinski definition) is 1. The number of carbonyl (C=O) groups is 3. The van der Waals surface area contributed by atoms with Crippen LogP contribution in [0.2, 0.25) is 0 Å². The Hall–Kier alpha value is -3.15. The lowest BCUT2D eigenvalue weighted by atomic mass is 10.1. The molecule has 2 aromatic carbocycles. The van der Waals surface area contributed by atoms with Gasteiger partial charge in [0.1, 0.15) is 11.3 Å². The molecule has 3 rings (SSSR count). The van der Waals surface area contributed by atoms with Crippen molar-refractivity contribution in [3.8, 4) is 5.75 Å². The Morgan fingerprint density at radius 2 is 1.59 bits per heavy atom. The van der Waals surface area contributed by atoms with Crippen molar-refractivity contribution < 1.29 is 24.2 Å². The summed E-state index contributed by atoms with van der Waals surface area (Å²) in [6.07, 6.45) is 0. The van der Waals surface area contributed by atoms with E-state index in [9.17, 15) is 19.5 Å². The minimum absolute atomic E-state index is 0.00181. The number of nitrogens with zero attached hydrogens (tertiary/aromatic N) is 1. The Labute approximate surface area is 125 Å². The highest BCUT2D eigenvalue weighted by atomic mass is 16.5. The molecule has 0 unspecified atom stereocenters. The third-order valence-corrected chi connectivity index (χ3v) is 3.47. The number of carboxylic acids is 1. The van der Waals surface area contributed by atoms with Gasteiger partial charge in [-0.15, -0.1) is 0 Å². The molecule has 6 heteroatoms. The Morgan fingerprint density at radius 1 is 1.00 bits per heavy atom. The predicted octanol–water partition coefficient (Wildman–Crippen LogP) is 2.19. The molecule has 1 N–H and O–H groups in total. The number of ether oxygens (including phenoxy) is 1. The van der Waals surface area contributed by atoms with Gasteiger partial charge in [-0.1, -0.05) is 18.2 Å². The number of fused-ring (bicyclic) bond motifs is 1. The summed E-state index contributed by atoms with van der Waals surface area (Å²) in [5.74, 6) is -2.28. The van der Waals surface area contributed by atoms with E-state index in [1.807, 2.05) is 0 Å². The third-order valence-electron chi connectivity index (χ3n) is 3.47. The van der Waals surface area contributed by atoms with Gasteiger partial charge in [0.15, 0.2) is 0 Å². The maximum Gasteiger partial charge on any atom is 0.341 e. The van der Waals surface area contributed by atoms with Crippen molar-refractivity contribution >= 4 is 23.5 Å². The molecule has 0 aliphatic carbocycles. The fourth-order valence-electron chi connectivity index (χ4n) is 2.50. The van der Waals surface area contributed by atoms with Crippen molar-refractivity contribution in [3.63, 3.8) is 0 Å². The summed E-state index contributed by atoms with van der Waals surface area (Å²) in [6, 6.07) is 10.8. The largest absolute Gasteiger partial charge is 0.496 e. The number of imide groups is 1. The number of carbonyl (C=O) groups excluding carboxylic acids is 2. The van der Waals surface area contributed by atoms with Crippen LogP contribution in [0.4, 0.5) is 5.69 Å². The second kappa shape index (κ2) is 5.00. The van der Waals surface area contributed by atoms with Gasteiger partial charge in [-0.05, 0) is 24.3 Å². The molecule has 1 aliphatic heterocycles.